The second kappa shape index (κ2) is 7.63. The monoisotopic (exact) mass is 401 g/mol. The lowest BCUT2D eigenvalue weighted by atomic mass is 9.95. The topological polar surface area (TPSA) is 65.2 Å². The molecular weight excluding hydrogens is 374 g/mol. The highest BCUT2D eigenvalue weighted by Gasteiger charge is 2.21. The van der Waals surface area contributed by atoms with Crippen molar-refractivity contribution < 1.29 is 9.59 Å². The molecule has 5 rings (SSSR count). The van der Waals surface area contributed by atoms with E-state index in [1.165, 1.54) is 29.5 Å². The van der Waals surface area contributed by atoms with E-state index in [4.69, 9.17) is 0 Å². The number of carbonyl (C=O) groups is 2. The van der Waals surface area contributed by atoms with Crippen molar-refractivity contribution in [3.8, 4) is 0 Å². The van der Waals surface area contributed by atoms with E-state index in [9.17, 15) is 9.59 Å². The van der Waals surface area contributed by atoms with E-state index in [2.05, 4.69) is 16.4 Å². The second-order valence-corrected chi connectivity index (χ2v) is 8.50. The first-order chi connectivity index (χ1) is 14.6. The molecule has 154 valence electrons. The molecule has 1 saturated heterocycles. The molecule has 2 aromatic carbocycles. The number of aromatic nitrogens is 1. The van der Waals surface area contributed by atoms with Crippen LogP contribution in [0.2, 0.25) is 0 Å². The lowest BCUT2D eigenvalue weighted by molar-refractivity contribution is 0.0792. The van der Waals surface area contributed by atoms with Crippen LogP contribution in [0.3, 0.4) is 0 Å². The molecule has 3 aromatic rings. The van der Waals surface area contributed by atoms with E-state index in [1.807, 2.05) is 42.2 Å². The number of H-pyrrole nitrogens is 1. The number of aryl methyl sites for hydroxylation is 3. The molecule has 2 amide bonds. The molecule has 2 heterocycles. The average Bonchev–Trinajstić information content (AvgIpc) is 3.42. The number of hydrogen-bond acceptors (Lipinski definition) is 2. The lowest BCUT2D eigenvalue weighted by Crippen LogP contribution is -2.27. The maximum atomic E-state index is 13.1. The van der Waals surface area contributed by atoms with Crippen LogP contribution in [-0.2, 0) is 12.8 Å². The fraction of sp³-hybridized carbons (Fsp3) is 0.360. The van der Waals surface area contributed by atoms with Crippen LogP contribution >= 0.6 is 0 Å². The van der Waals surface area contributed by atoms with Crippen LogP contribution in [0.25, 0.3) is 10.9 Å². The number of carbonyl (C=O) groups excluding carboxylic acids is 2. The fourth-order valence-electron chi connectivity index (χ4n) is 4.85. The number of aromatic amines is 1. The number of amides is 2. The van der Waals surface area contributed by atoms with Crippen LogP contribution in [-0.4, -0.2) is 34.8 Å². The molecule has 2 aliphatic rings. The number of benzene rings is 2. The molecule has 0 radical (unpaired) electrons. The highest BCUT2D eigenvalue weighted by atomic mass is 16.2. The molecule has 1 fully saturated rings. The summed E-state index contributed by atoms with van der Waals surface area (Å²) in [5, 5.41) is 4.22. The van der Waals surface area contributed by atoms with Gasteiger partial charge in [0.1, 0.15) is 0 Å². The number of nitrogens with one attached hydrogen (secondary N) is 2. The Morgan fingerprint density at radius 1 is 1.00 bits per heavy atom. The van der Waals surface area contributed by atoms with Gasteiger partial charge in [0.15, 0.2) is 0 Å². The SMILES string of the molecule is Cc1cc(C(=O)N2CCCC2)ccc1NC(=O)c1cccc2c3c([nH]c12)CCCC3. The summed E-state index contributed by atoms with van der Waals surface area (Å²) in [7, 11) is 0. The number of fused-ring (bicyclic) bond motifs is 3. The van der Waals surface area contributed by atoms with Crippen LogP contribution in [0.4, 0.5) is 5.69 Å². The van der Waals surface area contributed by atoms with Gasteiger partial charge in [0.25, 0.3) is 11.8 Å². The van der Waals surface area contributed by atoms with E-state index in [0.717, 1.165) is 55.5 Å². The summed E-state index contributed by atoms with van der Waals surface area (Å²) < 4.78 is 0. The number of likely N-dealkylation sites (tertiary alicyclic amines) is 1. The van der Waals surface area contributed by atoms with Crippen molar-refractivity contribution in [3.05, 3.63) is 64.3 Å². The molecule has 1 aromatic heterocycles. The highest BCUT2D eigenvalue weighted by Crippen LogP contribution is 2.31. The predicted molar refractivity (Wildman–Crippen MR) is 119 cm³/mol. The zero-order chi connectivity index (χ0) is 20.7. The van der Waals surface area contributed by atoms with Crippen LogP contribution < -0.4 is 5.32 Å². The van der Waals surface area contributed by atoms with Gasteiger partial charge in [-0.15, -0.1) is 0 Å². The van der Waals surface area contributed by atoms with Gasteiger partial charge < -0.3 is 15.2 Å². The Hall–Kier alpha value is -3.08. The smallest absolute Gasteiger partial charge is 0.257 e. The molecular formula is C25H27N3O2. The molecule has 0 spiro atoms. The number of nitrogens with zero attached hydrogens (tertiary/aromatic N) is 1. The first-order valence-corrected chi connectivity index (χ1v) is 11.0. The fourth-order valence-corrected chi connectivity index (χ4v) is 4.85. The average molecular weight is 402 g/mol. The zero-order valence-corrected chi connectivity index (χ0v) is 17.4. The molecule has 1 aliphatic carbocycles. The molecule has 2 N–H and O–H groups in total. The minimum Gasteiger partial charge on any atom is -0.358 e. The molecule has 0 saturated carbocycles. The summed E-state index contributed by atoms with van der Waals surface area (Å²) in [6, 6.07) is 11.5. The Kier molecular flexibility index (Phi) is 4.81. The molecule has 1 aliphatic heterocycles. The first kappa shape index (κ1) is 18.9. The second-order valence-electron chi connectivity index (χ2n) is 8.50. The summed E-state index contributed by atoms with van der Waals surface area (Å²) in [5.41, 5.74) is 6.56. The number of anilines is 1. The summed E-state index contributed by atoms with van der Waals surface area (Å²) in [4.78, 5) is 31.2. The van der Waals surface area contributed by atoms with Crippen molar-refractivity contribution in [2.45, 2.75) is 45.4 Å². The van der Waals surface area contributed by atoms with Crippen LogP contribution in [0.5, 0.6) is 0 Å². The normalized spacial score (nSPS) is 16.0. The predicted octanol–water partition coefficient (Wildman–Crippen LogP) is 4.84. The molecule has 5 nitrogen and oxygen atoms in total. The molecule has 0 unspecified atom stereocenters. The third-order valence-corrected chi connectivity index (χ3v) is 6.49. The minimum atomic E-state index is -0.124. The van der Waals surface area contributed by atoms with Gasteiger partial charge in [-0.2, -0.15) is 0 Å². The van der Waals surface area contributed by atoms with Gasteiger partial charge in [-0.05, 0) is 80.8 Å². The van der Waals surface area contributed by atoms with E-state index in [1.54, 1.807) is 0 Å². The Morgan fingerprint density at radius 3 is 2.60 bits per heavy atom. The number of para-hydroxylation sites is 1. The third-order valence-electron chi connectivity index (χ3n) is 6.49. The minimum absolute atomic E-state index is 0.0789. The van der Waals surface area contributed by atoms with Crippen molar-refractivity contribution in [1.82, 2.24) is 9.88 Å². The van der Waals surface area contributed by atoms with Crippen molar-refractivity contribution in [2.24, 2.45) is 0 Å². The van der Waals surface area contributed by atoms with E-state index >= 15 is 0 Å². The van der Waals surface area contributed by atoms with Crippen molar-refractivity contribution >= 4 is 28.4 Å². The quantitative estimate of drug-likeness (QED) is 0.659. The first-order valence-electron chi connectivity index (χ1n) is 11.0. The van der Waals surface area contributed by atoms with Crippen molar-refractivity contribution in [2.75, 3.05) is 18.4 Å². The summed E-state index contributed by atoms with van der Waals surface area (Å²) >= 11 is 0. The molecule has 0 bridgehead atoms. The summed E-state index contributed by atoms with van der Waals surface area (Å²) in [6.45, 7) is 3.60. The molecule has 5 heteroatoms. The lowest BCUT2D eigenvalue weighted by Gasteiger charge is -2.16. The van der Waals surface area contributed by atoms with E-state index in [-0.39, 0.29) is 11.8 Å². The zero-order valence-electron chi connectivity index (χ0n) is 17.4. The van der Waals surface area contributed by atoms with E-state index < -0.39 is 0 Å². The largest absolute Gasteiger partial charge is 0.358 e. The van der Waals surface area contributed by atoms with Crippen molar-refractivity contribution in [3.63, 3.8) is 0 Å². The standard InChI is InChI=1S/C25H27N3O2/c1-16-15-17(25(30)28-13-4-5-14-28)11-12-21(16)27-24(29)20-9-6-8-19-18-7-2-3-10-22(18)26-23(19)20/h6,8-9,11-12,15,26H,2-5,7,10,13-14H2,1H3,(H,27,29). The summed E-state index contributed by atoms with van der Waals surface area (Å²) in [5.74, 6) is -0.0453. The van der Waals surface area contributed by atoms with Gasteiger partial charge in [-0.3, -0.25) is 9.59 Å². The Bertz CT molecular complexity index is 1140. The van der Waals surface area contributed by atoms with Crippen LogP contribution in [0.15, 0.2) is 36.4 Å². The highest BCUT2D eigenvalue weighted by molar-refractivity contribution is 6.13. The van der Waals surface area contributed by atoms with Crippen LogP contribution in [0, 0.1) is 6.92 Å². The van der Waals surface area contributed by atoms with Gasteiger partial charge in [-0.1, -0.05) is 12.1 Å². The maximum absolute atomic E-state index is 13.1. The van der Waals surface area contributed by atoms with Gasteiger partial charge in [0.2, 0.25) is 0 Å². The van der Waals surface area contributed by atoms with Gasteiger partial charge in [0, 0.05) is 35.4 Å². The number of rotatable bonds is 3. The Balaban J connectivity index is 1.40. The Labute approximate surface area is 176 Å². The number of hydrogen-bond donors (Lipinski definition) is 2. The van der Waals surface area contributed by atoms with Gasteiger partial charge >= 0.3 is 0 Å². The maximum Gasteiger partial charge on any atom is 0.257 e. The third kappa shape index (κ3) is 3.28. The molecule has 0 atom stereocenters. The van der Waals surface area contributed by atoms with Crippen molar-refractivity contribution in [1.29, 1.82) is 0 Å². The molecule has 30 heavy (non-hydrogen) atoms. The Morgan fingerprint density at radius 2 is 1.80 bits per heavy atom. The van der Waals surface area contributed by atoms with E-state index in [0.29, 0.717) is 11.1 Å². The van der Waals surface area contributed by atoms with Gasteiger partial charge in [0.05, 0.1) is 11.1 Å². The van der Waals surface area contributed by atoms with Gasteiger partial charge in [-0.25, -0.2) is 0 Å². The van der Waals surface area contributed by atoms with Crippen LogP contribution in [0.1, 0.15) is 63.2 Å². The summed E-state index contributed by atoms with van der Waals surface area (Å²) in [6.07, 6.45) is 6.68.